The number of hydrogen-bond acceptors (Lipinski definition) is 6. The third kappa shape index (κ3) is 6.58. The minimum absolute atomic E-state index is 0.234. The van der Waals surface area contributed by atoms with Crippen molar-refractivity contribution in [1.29, 1.82) is 0 Å². The Kier molecular flexibility index (Phi) is 8.36. The minimum atomic E-state index is -0.671. The Bertz CT molecular complexity index is 1390. The van der Waals surface area contributed by atoms with Gasteiger partial charge in [0.1, 0.15) is 23.0 Å². The maximum absolute atomic E-state index is 13.5. The van der Waals surface area contributed by atoms with Crippen LogP contribution in [0.2, 0.25) is 10.0 Å². The summed E-state index contributed by atoms with van der Waals surface area (Å²) in [6.45, 7) is 10.6. The molecular weight excluding hydrogens is 531 g/mol. The van der Waals surface area contributed by atoms with E-state index in [-0.39, 0.29) is 6.61 Å². The molecule has 0 amide bonds. The molecule has 0 spiro atoms. The lowest BCUT2D eigenvalue weighted by Crippen LogP contribution is -2.26. The van der Waals surface area contributed by atoms with Crippen LogP contribution in [0, 0.1) is 13.8 Å². The summed E-state index contributed by atoms with van der Waals surface area (Å²) in [4.78, 5) is 17.8. The lowest BCUT2D eigenvalue weighted by atomic mass is 10.1. The molecule has 0 bridgehead atoms. The first kappa shape index (κ1) is 27.3. The molecule has 0 aliphatic carbocycles. The number of ether oxygens (including phenoxy) is 3. The molecule has 0 saturated carbocycles. The number of aryl methyl sites for hydroxylation is 3. The number of esters is 1. The van der Waals surface area contributed by atoms with Gasteiger partial charge in [0.25, 0.3) is 0 Å². The van der Waals surface area contributed by atoms with Crippen molar-refractivity contribution in [2.24, 2.45) is 0 Å². The van der Waals surface area contributed by atoms with Crippen LogP contribution in [0.3, 0.4) is 0 Å². The van der Waals surface area contributed by atoms with Gasteiger partial charge in [-0.3, -0.25) is 0 Å². The van der Waals surface area contributed by atoms with Crippen molar-refractivity contribution >= 4 is 51.4 Å². The van der Waals surface area contributed by atoms with Gasteiger partial charge in [-0.2, -0.15) is 0 Å². The van der Waals surface area contributed by atoms with Gasteiger partial charge in [0.05, 0.1) is 12.1 Å². The van der Waals surface area contributed by atoms with Crippen molar-refractivity contribution < 1.29 is 19.0 Å². The van der Waals surface area contributed by atoms with Crippen molar-refractivity contribution in [3.05, 3.63) is 73.8 Å². The highest BCUT2D eigenvalue weighted by Crippen LogP contribution is 2.37. The number of rotatable bonds is 9. The van der Waals surface area contributed by atoms with Gasteiger partial charge in [0.2, 0.25) is 0 Å². The second-order valence-electron chi connectivity index (χ2n) is 9.78. The maximum atomic E-state index is 13.5. The van der Waals surface area contributed by atoms with E-state index in [1.807, 2.05) is 68.8 Å². The van der Waals surface area contributed by atoms with E-state index in [9.17, 15) is 4.79 Å². The average molecular weight is 562 g/mol. The largest absolute Gasteiger partial charge is 0.494 e. The SMILES string of the molecule is Cc1cc(OCCCn2c(C(=O)OC(C)(C)C)c(OCc3nccs3)c3cc(Cl)ccc32)cc(C)c1Cl. The van der Waals surface area contributed by atoms with Gasteiger partial charge in [0, 0.05) is 33.6 Å². The highest BCUT2D eigenvalue weighted by Gasteiger charge is 2.29. The lowest BCUT2D eigenvalue weighted by molar-refractivity contribution is 0.00534. The predicted octanol–water partition coefficient (Wildman–Crippen LogP) is 8.02. The van der Waals surface area contributed by atoms with E-state index in [4.69, 9.17) is 37.4 Å². The molecule has 0 N–H and O–H groups in total. The minimum Gasteiger partial charge on any atom is -0.494 e. The van der Waals surface area contributed by atoms with Gasteiger partial charge in [0.15, 0.2) is 11.4 Å². The molecule has 2 aromatic carbocycles. The molecule has 2 aromatic heterocycles. The van der Waals surface area contributed by atoms with Crippen LogP contribution in [0.15, 0.2) is 41.9 Å². The lowest BCUT2D eigenvalue weighted by Gasteiger charge is -2.21. The first-order chi connectivity index (χ1) is 17.5. The molecule has 0 aliphatic heterocycles. The number of fused-ring (bicyclic) bond motifs is 1. The second-order valence-corrected chi connectivity index (χ2v) is 11.6. The maximum Gasteiger partial charge on any atom is 0.359 e. The smallest absolute Gasteiger partial charge is 0.359 e. The Morgan fingerprint density at radius 1 is 1.08 bits per heavy atom. The zero-order chi connectivity index (χ0) is 26.7. The quantitative estimate of drug-likeness (QED) is 0.153. The van der Waals surface area contributed by atoms with Crippen molar-refractivity contribution in [3.8, 4) is 11.5 Å². The van der Waals surface area contributed by atoms with Gasteiger partial charge in [-0.15, -0.1) is 11.3 Å². The van der Waals surface area contributed by atoms with E-state index >= 15 is 0 Å². The van der Waals surface area contributed by atoms with E-state index in [1.165, 1.54) is 11.3 Å². The zero-order valence-electron chi connectivity index (χ0n) is 21.6. The van der Waals surface area contributed by atoms with Crippen LogP contribution in [-0.4, -0.2) is 27.7 Å². The molecule has 0 atom stereocenters. The molecule has 0 unspecified atom stereocenters. The Balaban J connectivity index is 1.65. The number of thiazole rings is 1. The number of nitrogens with zero attached hydrogens (tertiary/aromatic N) is 2. The molecule has 196 valence electrons. The summed E-state index contributed by atoms with van der Waals surface area (Å²) in [6.07, 6.45) is 2.37. The third-order valence-corrected chi connectivity index (χ3v) is 7.18. The van der Waals surface area contributed by atoms with E-state index in [0.29, 0.717) is 36.0 Å². The number of benzene rings is 2. The summed E-state index contributed by atoms with van der Waals surface area (Å²) < 4.78 is 19.9. The second kappa shape index (κ2) is 11.3. The predicted molar refractivity (Wildman–Crippen MR) is 150 cm³/mol. The van der Waals surface area contributed by atoms with E-state index < -0.39 is 11.6 Å². The van der Waals surface area contributed by atoms with E-state index in [0.717, 1.165) is 37.8 Å². The molecular formula is C28H30Cl2N2O4S. The van der Waals surface area contributed by atoms with Crippen molar-refractivity contribution in [3.63, 3.8) is 0 Å². The van der Waals surface area contributed by atoms with Crippen LogP contribution in [0.4, 0.5) is 0 Å². The van der Waals surface area contributed by atoms with Gasteiger partial charge >= 0.3 is 5.97 Å². The van der Waals surface area contributed by atoms with Crippen LogP contribution in [0.25, 0.3) is 10.9 Å². The molecule has 4 rings (SSSR count). The number of carbonyl (C=O) groups is 1. The van der Waals surface area contributed by atoms with Crippen LogP contribution in [-0.2, 0) is 17.9 Å². The van der Waals surface area contributed by atoms with Crippen LogP contribution < -0.4 is 9.47 Å². The topological polar surface area (TPSA) is 62.6 Å². The standard InChI is InChI=1S/C28H30Cl2N2O4S/c1-17-13-20(14-18(2)24(17)30)34-11-6-10-32-22-8-7-19(29)15-21(22)26(35-16-23-31-9-12-37-23)25(32)27(33)36-28(3,4)5/h7-9,12-15H,6,10-11,16H2,1-5H3. The van der Waals surface area contributed by atoms with Gasteiger partial charge in [-0.25, -0.2) is 9.78 Å². The Hall–Kier alpha value is -2.74. The fraction of sp³-hybridized carbons (Fsp3) is 0.357. The number of carbonyl (C=O) groups excluding carboxylic acids is 1. The molecule has 6 nitrogen and oxygen atoms in total. The highest BCUT2D eigenvalue weighted by molar-refractivity contribution is 7.09. The number of hydrogen-bond donors (Lipinski definition) is 0. The van der Waals surface area contributed by atoms with Crippen molar-refractivity contribution in [2.75, 3.05) is 6.61 Å². The Morgan fingerprint density at radius 3 is 2.46 bits per heavy atom. The highest BCUT2D eigenvalue weighted by atomic mass is 35.5. The van der Waals surface area contributed by atoms with E-state index in [2.05, 4.69) is 4.98 Å². The normalized spacial score (nSPS) is 11.6. The fourth-order valence-corrected chi connectivity index (χ4v) is 4.87. The Labute approximate surface area is 231 Å². The van der Waals surface area contributed by atoms with Gasteiger partial charge in [-0.1, -0.05) is 23.2 Å². The zero-order valence-corrected chi connectivity index (χ0v) is 23.9. The van der Waals surface area contributed by atoms with Crippen molar-refractivity contribution in [1.82, 2.24) is 9.55 Å². The molecule has 9 heteroatoms. The first-order valence-electron chi connectivity index (χ1n) is 12.0. The average Bonchev–Trinajstić information content (AvgIpc) is 3.43. The van der Waals surface area contributed by atoms with Crippen LogP contribution in [0.1, 0.15) is 53.8 Å². The molecule has 37 heavy (non-hydrogen) atoms. The summed E-state index contributed by atoms with van der Waals surface area (Å²) in [5.74, 6) is 0.744. The number of halogens is 2. The monoisotopic (exact) mass is 560 g/mol. The fourth-order valence-electron chi connectivity index (χ4n) is 4.06. The van der Waals surface area contributed by atoms with Gasteiger partial charge < -0.3 is 18.8 Å². The summed E-state index contributed by atoms with van der Waals surface area (Å²) in [5.41, 5.74) is 2.45. The van der Waals surface area contributed by atoms with Crippen LogP contribution >= 0.6 is 34.5 Å². The summed E-state index contributed by atoms with van der Waals surface area (Å²) in [5, 5.41) is 4.74. The summed E-state index contributed by atoms with van der Waals surface area (Å²) in [7, 11) is 0. The Morgan fingerprint density at radius 2 is 1.81 bits per heavy atom. The molecule has 0 saturated heterocycles. The molecule has 0 aliphatic rings. The molecule has 4 aromatic rings. The van der Waals surface area contributed by atoms with Crippen LogP contribution in [0.5, 0.6) is 11.5 Å². The first-order valence-corrected chi connectivity index (χ1v) is 13.6. The molecule has 0 fully saturated rings. The summed E-state index contributed by atoms with van der Waals surface area (Å²) >= 11 is 14.1. The van der Waals surface area contributed by atoms with Crippen molar-refractivity contribution in [2.45, 2.75) is 59.8 Å². The number of aromatic nitrogens is 2. The van der Waals surface area contributed by atoms with Gasteiger partial charge in [-0.05, 0) is 82.5 Å². The van der Waals surface area contributed by atoms with E-state index in [1.54, 1.807) is 12.3 Å². The summed E-state index contributed by atoms with van der Waals surface area (Å²) in [6, 6.07) is 9.38. The molecule has 2 heterocycles. The third-order valence-electron chi connectivity index (χ3n) is 5.60. The molecule has 0 radical (unpaired) electrons.